The van der Waals surface area contributed by atoms with Crippen molar-refractivity contribution in [2.45, 2.75) is 6.92 Å². The van der Waals surface area contributed by atoms with Crippen LogP contribution in [0.1, 0.15) is 15.5 Å². The molecule has 0 aliphatic carbocycles. The molecule has 2 rings (SSSR count). The molecule has 0 bridgehead atoms. The summed E-state index contributed by atoms with van der Waals surface area (Å²) < 4.78 is 1.62. The minimum Gasteiger partial charge on any atom is -0.374 e. The summed E-state index contributed by atoms with van der Waals surface area (Å²) in [5.74, 6) is -0.328. The number of carbonyl (C=O) groups excluding carboxylic acids is 1. The molecule has 7 nitrogen and oxygen atoms in total. The van der Waals surface area contributed by atoms with E-state index in [-0.39, 0.29) is 16.0 Å². The maximum Gasteiger partial charge on any atom is 0.286 e. The molecule has 0 aliphatic rings. The van der Waals surface area contributed by atoms with Crippen LogP contribution in [0.5, 0.6) is 0 Å². The summed E-state index contributed by atoms with van der Waals surface area (Å²) in [5, 5.41) is 14.5. The Hall–Kier alpha value is -1.96. The summed E-state index contributed by atoms with van der Waals surface area (Å²) >= 11 is 1.04. The zero-order valence-corrected chi connectivity index (χ0v) is 9.58. The van der Waals surface area contributed by atoms with E-state index in [9.17, 15) is 4.79 Å². The van der Waals surface area contributed by atoms with Gasteiger partial charge >= 0.3 is 0 Å². The summed E-state index contributed by atoms with van der Waals surface area (Å²) in [4.78, 5) is 11.7. The van der Waals surface area contributed by atoms with Crippen molar-refractivity contribution in [1.29, 1.82) is 0 Å². The van der Waals surface area contributed by atoms with Gasteiger partial charge in [0.05, 0.1) is 11.4 Å². The molecule has 0 atom stereocenters. The Bertz CT molecular complexity index is 530. The molecule has 84 valence electrons. The summed E-state index contributed by atoms with van der Waals surface area (Å²) in [6.07, 6.45) is 1.72. The second-order valence-electron chi connectivity index (χ2n) is 3.20. The molecular weight excluding hydrogens is 228 g/mol. The first-order chi connectivity index (χ1) is 7.56. The first kappa shape index (κ1) is 10.6. The van der Waals surface area contributed by atoms with E-state index < -0.39 is 0 Å². The molecule has 0 saturated heterocycles. The number of nitrogen functional groups attached to an aromatic ring is 1. The van der Waals surface area contributed by atoms with Crippen LogP contribution in [0, 0.1) is 6.92 Å². The predicted octanol–water partition coefficient (Wildman–Crippen LogP) is 0.415. The molecule has 0 fully saturated rings. The monoisotopic (exact) mass is 238 g/mol. The first-order valence-electron chi connectivity index (χ1n) is 4.47. The highest BCUT2D eigenvalue weighted by Crippen LogP contribution is 2.16. The van der Waals surface area contributed by atoms with E-state index in [2.05, 4.69) is 20.6 Å². The van der Waals surface area contributed by atoms with Gasteiger partial charge in [0.2, 0.25) is 10.1 Å². The highest BCUT2D eigenvalue weighted by atomic mass is 32.1. The number of hydrogen-bond acceptors (Lipinski definition) is 6. The number of aryl methyl sites for hydroxylation is 2. The van der Waals surface area contributed by atoms with Crippen LogP contribution in [0.15, 0.2) is 6.20 Å². The lowest BCUT2D eigenvalue weighted by Crippen LogP contribution is -2.11. The number of amides is 1. The molecule has 2 heterocycles. The largest absolute Gasteiger partial charge is 0.374 e. The summed E-state index contributed by atoms with van der Waals surface area (Å²) in [7, 11) is 1.78. The van der Waals surface area contributed by atoms with Crippen LogP contribution in [0.4, 0.5) is 10.8 Å². The molecule has 2 aromatic rings. The van der Waals surface area contributed by atoms with Crippen molar-refractivity contribution in [2.75, 3.05) is 11.1 Å². The summed E-state index contributed by atoms with van der Waals surface area (Å²) in [6.45, 7) is 1.81. The zero-order chi connectivity index (χ0) is 11.7. The second-order valence-corrected chi connectivity index (χ2v) is 4.21. The Morgan fingerprint density at radius 3 is 2.81 bits per heavy atom. The van der Waals surface area contributed by atoms with E-state index in [1.165, 1.54) is 0 Å². The van der Waals surface area contributed by atoms with Crippen molar-refractivity contribution in [3.63, 3.8) is 0 Å². The normalized spacial score (nSPS) is 10.4. The van der Waals surface area contributed by atoms with Crippen molar-refractivity contribution in [3.8, 4) is 0 Å². The van der Waals surface area contributed by atoms with Gasteiger partial charge in [0.25, 0.3) is 5.91 Å². The molecule has 16 heavy (non-hydrogen) atoms. The zero-order valence-electron chi connectivity index (χ0n) is 8.76. The lowest BCUT2D eigenvalue weighted by Gasteiger charge is -1.98. The van der Waals surface area contributed by atoms with Crippen molar-refractivity contribution in [3.05, 3.63) is 16.9 Å². The Kier molecular flexibility index (Phi) is 2.57. The fourth-order valence-electron chi connectivity index (χ4n) is 1.22. The van der Waals surface area contributed by atoms with Crippen molar-refractivity contribution in [1.82, 2.24) is 20.0 Å². The van der Waals surface area contributed by atoms with E-state index in [4.69, 9.17) is 5.73 Å². The van der Waals surface area contributed by atoms with Crippen LogP contribution < -0.4 is 11.1 Å². The molecular formula is C8H10N6OS. The number of carbonyl (C=O) groups is 1. The van der Waals surface area contributed by atoms with Crippen molar-refractivity contribution < 1.29 is 4.79 Å². The predicted molar refractivity (Wildman–Crippen MR) is 60.2 cm³/mol. The Morgan fingerprint density at radius 1 is 1.56 bits per heavy atom. The van der Waals surface area contributed by atoms with Crippen LogP contribution in [0.2, 0.25) is 0 Å². The van der Waals surface area contributed by atoms with Crippen molar-refractivity contribution in [2.24, 2.45) is 7.05 Å². The lowest BCUT2D eigenvalue weighted by molar-refractivity contribution is 0.102. The maximum absolute atomic E-state index is 11.7. The van der Waals surface area contributed by atoms with Crippen molar-refractivity contribution >= 4 is 28.1 Å². The van der Waals surface area contributed by atoms with Gasteiger partial charge in [-0.05, 0) is 6.92 Å². The average molecular weight is 238 g/mol. The van der Waals surface area contributed by atoms with Gasteiger partial charge < -0.3 is 11.1 Å². The van der Waals surface area contributed by atoms with Gasteiger partial charge in [-0.2, -0.15) is 5.10 Å². The van der Waals surface area contributed by atoms with Crippen LogP contribution >= 0.6 is 11.3 Å². The minimum absolute atomic E-state index is 0.237. The van der Waals surface area contributed by atoms with Gasteiger partial charge in [0.1, 0.15) is 0 Å². The number of hydrogen-bond donors (Lipinski definition) is 2. The lowest BCUT2D eigenvalue weighted by atomic mass is 10.4. The molecule has 0 unspecified atom stereocenters. The van der Waals surface area contributed by atoms with Crippen LogP contribution in [0.3, 0.4) is 0 Å². The number of rotatable bonds is 2. The van der Waals surface area contributed by atoms with Gasteiger partial charge in [-0.3, -0.25) is 9.48 Å². The minimum atomic E-state index is -0.328. The first-order valence-corrected chi connectivity index (χ1v) is 5.28. The third-order valence-corrected chi connectivity index (χ3v) is 2.65. The van der Waals surface area contributed by atoms with E-state index in [1.807, 2.05) is 6.92 Å². The molecule has 1 amide bonds. The van der Waals surface area contributed by atoms with Gasteiger partial charge in [-0.25, -0.2) is 0 Å². The van der Waals surface area contributed by atoms with Gasteiger partial charge in [0, 0.05) is 13.2 Å². The number of nitrogens with one attached hydrogen (secondary N) is 1. The number of anilines is 2. The Balaban J connectivity index is 2.16. The van der Waals surface area contributed by atoms with Gasteiger partial charge in [0.15, 0.2) is 0 Å². The molecule has 8 heteroatoms. The molecule has 0 spiro atoms. The Labute approximate surface area is 95.3 Å². The third-order valence-electron chi connectivity index (χ3n) is 1.90. The van der Waals surface area contributed by atoms with Crippen LogP contribution in [-0.2, 0) is 7.05 Å². The van der Waals surface area contributed by atoms with Crippen LogP contribution in [0.25, 0.3) is 0 Å². The SMILES string of the molecule is Cc1nn(C)cc1NC(=O)c1nnc(N)s1. The van der Waals surface area contributed by atoms with E-state index in [0.717, 1.165) is 17.0 Å². The number of aromatic nitrogens is 4. The highest BCUT2D eigenvalue weighted by molar-refractivity contribution is 7.16. The van der Waals surface area contributed by atoms with Gasteiger partial charge in [-0.1, -0.05) is 11.3 Å². The molecule has 0 radical (unpaired) electrons. The fourth-order valence-corrected chi connectivity index (χ4v) is 1.73. The highest BCUT2D eigenvalue weighted by Gasteiger charge is 2.13. The van der Waals surface area contributed by atoms with E-state index in [1.54, 1.807) is 17.9 Å². The molecule has 2 aromatic heterocycles. The third kappa shape index (κ3) is 2.01. The second kappa shape index (κ2) is 3.89. The quantitative estimate of drug-likeness (QED) is 0.789. The average Bonchev–Trinajstić information content (AvgIpc) is 2.74. The molecule has 0 saturated carbocycles. The standard InChI is InChI=1S/C8H10N6OS/c1-4-5(3-14(2)13-4)10-6(15)7-11-12-8(9)16-7/h3H,1-2H3,(H2,9,12)(H,10,15). The Morgan fingerprint density at radius 2 is 2.31 bits per heavy atom. The summed E-state index contributed by atoms with van der Waals surface area (Å²) in [6, 6.07) is 0. The van der Waals surface area contributed by atoms with E-state index in [0.29, 0.717) is 5.69 Å². The van der Waals surface area contributed by atoms with Gasteiger partial charge in [-0.15, -0.1) is 10.2 Å². The number of nitrogens with two attached hydrogens (primary N) is 1. The molecule has 0 aromatic carbocycles. The number of nitrogens with zero attached hydrogens (tertiary/aromatic N) is 4. The maximum atomic E-state index is 11.7. The van der Waals surface area contributed by atoms with E-state index >= 15 is 0 Å². The smallest absolute Gasteiger partial charge is 0.286 e. The molecule has 3 N–H and O–H groups in total. The molecule has 0 aliphatic heterocycles. The topological polar surface area (TPSA) is 98.7 Å². The van der Waals surface area contributed by atoms with Crippen LogP contribution in [-0.4, -0.2) is 25.9 Å². The summed E-state index contributed by atoms with van der Waals surface area (Å²) in [5.41, 5.74) is 6.79. The fraction of sp³-hybridized carbons (Fsp3) is 0.250.